The van der Waals surface area contributed by atoms with Crippen molar-refractivity contribution >= 4 is 46.5 Å². The van der Waals surface area contributed by atoms with Crippen LogP contribution < -0.4 is 21.1 Å². The average Bonchev–Trinajstić information content (AvgIpc) is 3.79. The Bertz CT molecular complexity index is 3480. The van der Waals surface area contributed by atoms with Gasteiger partial charge in [-0.3, -0.25) is 0 Å². The highest BCUT2D eigenvalue weighted by atomic mass is 15.2. The molecule has 2 aliphatic heterocycles. The molecule has 0 aromatic heterocycles. The highest BCUT2D eigenvalue weighted by molar-refractivity contribution is 6.73. The zero-order valence-corrected chi connectivity index (χ0v) is 44.6. The summed E-state index contributed by atoms with van der Waals surface area (Å²) in [7, 11) is 0.850. The van der Waals surface area contributed by atoms with Gasteiger partial charge in [-0.05, 0) is 139 Å². The van der Waals surface area contributed by atoms with Gasteiger partial charge >= 0.3 is 0 Å². The molecule has 5 aliphatic carbocycles. The fourth-order valence-electron chi connectivity index (χ4n) is 15.3. The molecule has 364 valence electrons. The van der Waals surface area contributed by atoms with E-state index >= 15 is 0 Å². The second kappa shape index (κ2) is 17.0. The quantitative estimate of drug-likeness (QED) is 0.0881. The second-order valence-corrected chi connectivity index (χ2v) is 24.4. The van der Waals surface area contributed by atoms with Crippen molar-refractivity contribution in [3.8, 4) is 22.3 Å². The molecule has 0 bridgehead atoms. The van der Waals surface area contributed by atoms with E-state index in [9.17, 15) is 0 Å². The third kappa shape index (κ3) is 6.89. The molecule has 3 heteroatoms. The van der Waals surface area contributed by atoms with Gasteiger partial charge in [0.1, 0.15) is 0 Å². The Morgan fingerprint density at radius 1 is 0.712 bits per heavy atom. The summed E-state index contributed by atoms with van der Waals surface area (Å²) in [5.41, 5.74) is 29.3. The number of hydrogen-bond donors (Lipinski definition) is 1. The summed E-state index contributed by atoms with van der Waals surface area (Å²) >= 11 is 0. The van der Waals surface area contributed by atoms with Crippen molar-refractivity contribution in [1.82, 2.24) is 0 Å². The van der Waals surface area contributed by atoms with Gasteiger partial charge in [-0.1, -0.05) is 231 Å². The lowest BCUT2D eigenvalue weighted by atomic mass is 9.53. The molecule has 73 heavy (non-hydrogen) atoms. The van der Waals surface area contributed by atoms with Crippen molar-refractivity contribution in [2.75, 3.05) is 10.2 Å². The number of fused-ring (bicyclic) bond motifs is 9. The average molecular weight is 951 g/mol. The van der Waals surface area contributed by atoms with Crippen LogP contribution in [0.5, 0.6) is 0 Å². The van der Waals surface area contributed by atoms with E-state index in [0.29, 0.717) is 5.92 Å². The van der Waals surface area contributed by atoms with Crippen LogP contribution in [0.25, 0.3) is 27.8 Å². The highest BCUT2D eigenvalue weighted by Crippen LogP contribution is 2.61. The maximum absolute atomic E-state index is 4.45. The molecule has 7 aliphatic rings. The smallest absolute Gasteiger partial charge is 0.198 e. The van der Waals surface area contributed by atoms with E-state index in [-0.39, 0.29) is 27.7 Å². The molecule has 0 amide bonds. The molecular weight excluding hydrogens is 880 g/mol. The summed E-state index contributed by atoms with van der Waals surface area (Å²) < 4.78 is 0. The van der Waals surface area contributed by atoms with Gasteiger partial charge in [0.25, 0.3) is 0 Å². The van der Waals surface area contributed by atoms with E-state index in [1.807, 2.05) is 0 Å². The van der Waals surface area contributed by atoms with Crippen LogP contribution in [0, 0.1) is 16.7 Å². The molecular formula is C70H71BN2. The lowest BCUT2D eigenvalue weighted by molar-refractivity contribution is 0.257. The number of rotatable bonds is 9. The Balaban J connectivity index is 1.08. The number of unbranched alkanes of at least 4 members (excludes halogenated alkanes) is 2. The van der Waals surface area contributed by atoms with E-state index in [0.717, 1.165) is 33.0 Å². The molecule has 6 aromatic carbocycles. The summed E-state index contributed by atoms with van der Waals surface area (Å²) in [6.07, 6.45) is 28.2. The molecule has 13 rings (SSSR count). The summed E-state index contributed by atoms with van der Waals surface area (Å²) in [6, 6.07) is 45.1. The third-order valence-electron chi connectivity index (χ3n) is 18.9. The Kier molecular flexibility index (Phi) is 10.8. The first kappa shape index (κ1) is 46.2. The summed E-state index contributed by atoms with van der Waals surface area (Å²) in [5.74, 6) is 0.290. The predicted octanol–water partition coefficient (Wildman–Crippen LogP) is 16.6. The number of benzene rings is 6. The minimum Gasteiger partial charge on any atom is -0.378 e. The lowest BCUT2D eigenvalue weighted by Crippen LogP contribution is -2.47. The monoisotopic (exact) mass is 951 g/mol. The van der Waals surface area contributed by atoms with Crippen LogP contribution >= 0.6 is 0 Å². The van der Waals surface area contributed by atoms with Crippen molar-refractivity contribution in [3.63, 3.8) is 0 Å². The largest absolute Gasteiger partial charge is 0.378 e. The number of para-hydroxylation sites is 2. The molecule has 0 spiro atoms. The van der Waals surface area contributed by atoms with Gasteiger partial charge in [0.15, 0.2) is 7.28 Å². The van der Waals surface area contributed by atoms with Gasteiger partial charge in [0.05, 0.1) is 11.1 Å². The molecule has 2 heterocycles. The van der Waals surface area contributed by atoms with Crippen LogP contribution in [-0.4, -0.2) is 13.3 Å². The summed E-state index contributed by atoms with van der Waals surface area (Å²) in [4.78, 5) is 2.72. The fourth-order valence-corrected chi connectivity index (χ4v) is 15.3. The molecule has 3 atom stereocenters. The first-order valence-electron chi connectivity index (χ1n) is 27.8. The van der Waals surface area contributed by atoms with Gasteiger partial charge in [-0.2, -0.15) is 0 Å². The number of nitrogens with zero attached hydrogens (tertiary/aromatic N) is 1. The van der Waals surface area contributed by atoms with Crippen molar-refractivity contribution in [2.45, 2.75) is 124 Å². The Morgan fingerprint density at radius 2 is 1.48 bits per heavy atom. The van der Waals surface area contributed by atoms with Crippen LogP contribution in [0.2, 0.25) is 0 Å². The van der Waals surface area contributed by atoms with Gasteiger partial charge in [0.2, 0.25) is 0 Å². The van der Waals surface area contributed by atoms with E-state index in [1.54, 1.807) is 11.1 Å². The van der Waals surface area contributed by atoms with Crippen LogP contribution in [0.15, 0.2) is 181 Å². The molecule has 0 fully saturated rings. The van der Waals surface area contributed by atoms with E-state index in [2.05, 4.69) is 229 Å². The van der Waals surface area contributed by atoms with Gasteiger partial charge in [0, 0.05) is 40.5 Å². The van der Waals surface area contributed by atoms with Crippen molar-refractivity contribution in [3.05, 3.63) is 220 Å². The Morgan fingerprint density at radius 3 is 2.33 bits per heavy atom. The maximum Gasteiger partial charge on any atom is 0.198 e. The van der Waals surface area contributed by atoms with Crippen molar-refractivity contribution in [2.24, 2.45) is 16.7 Å². The van der Waals surface area contributed by atoms with Crippen LogP contribution in [0.3, 0.4) is 0 Å². The van der Waals surface area contributed by atoms with E-state index < -0.39 is 0 Å². The first-order chi connectivity index (χ1) is 35.3. The zero-order chi connectivity index (χ0) is 50.0. The van der Waals surface area contributed by atoms with Crippen LogP contribution in [0.4, 0.5) is 22.7 Å². The minimum absolute atomic E-state index is 0.166. The molecule has 0 radical (unpaired) electrons. The lowest BCUT2D eigenvalue weighted by Gasteiger charge is -2.49. The summed E-state index contributed by atoms with van der Waals surface area (Å²) in [5, 5.41) is 4.45. The van der Waals surface area contributed by atoms with Gasteiger partial charge in [-0.15, -0.1) is 0 Å². The zero-order valence-electron chi connectivity index (χ0n) is 44.6. The number of hydrogen-bond acceptors (Lipinski definition) is 2. The van der Waals surface area contributed by atoms with Gasteiger partial charge in [-0.25, -0.2) is 0 Å². The molecule has 0 saturated heterocycles. The number of anilines is 4. The molecule has 6 aromatic rings. The minimum atomic E-state index is -0.362. The topological polar surface area (TPSA) is 15.3 Å². The van der Waals surface area contributed by atoms with Crippen molar-refractivity contribution in [1.29, 1.82) is 0 Å². The molecule has 3 unspecified atom stereocenters. The normalized spacial score (nSPS) is 22.7. The SMILES string of the molecule is CCCC/C=C\CC1(c2ccccc2)c2ccccc2N2c3cc4c(c(-c5ccc6c(c5NC5C=CC7=C(C5)C(C)(C)CCC7(C)C)Cc5ccccc5-6)c3Bc3cccc1c32)C(C)(C)C1=C4C=CC=CC1C. The highest BCUT2D eigenvalue weighted by Gasteiger charge is 2.50. The van der Waals surface area contributed by atoms with Gasteiger partial charge < -0.3 is 10.2 Å². The predicted molar refractivity (Wildman–Crippen MR) is 313 cm³/mol. The summed E-state index contributed by atoms with van der Waals surface area (Å²) in [6.45, 7) is 19.7. The Hall–Kier alpha value is -6.58. The van der Waals surface area contributed by atoms with E-state index in [1.165, 1.54) is 132 Å². The third-order valence-corrected chi connectivity index (χ3v) is 18.9. The van der Waals surface area contributed by atoms with Crippen LogP contribution in [0.1, 0.15) is 139 Å². The standard InChI is InChI=1S/C70H71BN2/c1-9-10-11-12-22-38-70(46-26-14-13-15-27-46)55-30-20-21-33-59(55)73-60-43-52-50-29-18-16-24-44(2)62(50)69(7,8)63(52)61(64(60)71-58-32-23-31-56(70)66(58)73)51-36-35-49-48-28-19-17-25-45(48)41-53(49)65(51)72-47-34-37-54-57(42-47)68(5,6)40-39-67(54,3)4/h12-37,43-44,47,71-72H,9-11,38-42H2,1-8H3/b22-12-. The first-order valence-corrected chi connectivity index (χ1v) is 27.8. The Labute approximate surface area is 436 Å². The van der Waals surface area contributed by atoms with Crippen LogP contribution in [-0.2, 0) is 17.3 Å². The fraction of sp³-hybridized carbons (Fsp3) is 0.314. The number of nitrogens with one attached hydrogen (secondary N) is 1. The maximum atomic E-state index is 4.45. The van der Waals surface area contributed by atoms with Crippen molar-refractivity contribution < 1.29 is 0 Å². The molecule has 0 saturated carbocycles. The molecule has 1 N–H and O–H groups in total. The number of allylic oxidation sites excluding steroid dienone is 10. The molecule has 2 nitrogen and oxygen atoms in total. The second-order valence-electron chi connectivity index (χ2n) is 24.4. The van der Waals surface area contributed by atoms with E-state index in [4.69, 9.17) is 0 Å².